The Hall–Kier alpha value is -1.14. The summed E-state index contributed by atoms with van der Waals surface area (Å²) in [6, 6.07) is 0. The Morgan fingerprint density at radius 3 is 0.822 bits per heavy atom. The van der Waals surface area contributed by atoms with Crippen LogP contribution in [0.15, 0.2) is 0 Å². The number of unbranched alkanes of at least 4 members (excludes halogenated alkanes) is 24. The van der Waals surface area contributed by atoms with Gasteiger partial charge in [0.15, 0.2) is 0 Å². The zero-order valence-corrected chi connectivity index (χ0v) is 31.6. The molecule has 0 aliphatic heterocycles. The number of hydrogen-bond acceptors (Lipinski definition) is 2. The van der Waals surface area contributed by atoms with Crippen LogP contribution in [0, 0.1) is 0 Å². The van der Waals surface area contributed by atoms with Crippen LogP contribution in [0.1, 0.15) is 200 Å². The number of carbonyl (C=O) groups excluding carboxylic acids is 2. The Labute approximate surface area is 282 Å². The molecule has 0 aromatic heterocycles. The lowest BCUT2D eigenvalue weighted by atomic mass is 10.0. The lowest BCUT2D eigenvalue weighted by Gasteiger charge is -2.32. The molecule has 2 amide bonds. The molecule has 6 nitrogen and oxygen atoms in total. The first-order valence-electron chi connectivity index (χ1n) is 19.9. The smallest absolute Gasteiger partial charge is 0.264 e. The highest BCUT2D eigenvalue weighted by molar-refractivity contribution is 5.74. The van der Waals surface area contributed by atoms with Crippen molar-refractivity contribution in [2.24, 2.45) is 0 Å². The Balaban J connectivity index is 3.75. The molecule has 0 saturated heterocycles. The molecule has 0 spiro atoms. The summed E-state index contributed by atoms with van der Waals surface area (Å²) in [5.74, 6) is 0.311. The van der Waals surface area contributed by atoms with Crippen molar-refractivity contribution in [1.82, 2.24) is 10.9 Å². The molecule has 0 aromatic rings. The molecule has 0 rings (SSSR count). The minimum atomic E-state index is 0.155. The van der Waals surface area contributed by atoms with E-state index >= 15 is 0 Å². The van der Waals surface area contributed by atoms with Crippen LogP contribution in [0.3, 0.4) is 0 Å². The van der Waals surface area contributed by atoms with Crippen molar-refractivity contribution in [1.29, 1.82) is 0 Å². The highest BCUT2D eigenvalue weighted by Gasteiger charge is 2.23. The molecule has 0 aromatic carbocycles. The van der Waals surface area contributed by atoms with E-state index < -0.39 is 0 Å². The molecule has 0 aliphatic carbocycles. The molecule has 6 heteroatoms. The molecule has 0 atom stereocenters. The number of nitrogens with zero attached hydrogens (tertiary/aromatic N) is 2. The van der Waals surface area contributed by atoms with Crippen LogP contribution in [-0.4, -0.2) is 62.3 Å². The van der Waals surface area contributed by atoms with Crippen LogP contribution < -0.4 is 10.9 Å². The van der Waals surface area contributed by atoms with E-state index in [0.29, 0.717) is 22.0 Å². The number of nitrogens with one attached hydrogen (secondary N) is 2. The van der Waals surface area contributed by atoms with Crippen LogP contribution in [-0.2, 0) is 9.59 Å². The van der Waals surface area contributed by atoms with Gasteiger partial charge in [0.2, 0.25) is 0 Å². The Morgan fingerprint density at radius 2 is 0.578 bits per heavy atom. The molecular formula is C39H82N4O2+2. The van der Waals surface area contributed by atoms with E-state index in [1.807, 2.05) is 0 Å². The van der Waals surface area contributed by atoms with Gasteiger partial charge in [-0.25, -0.2) is 20.0 Å². The second-order valence-electron chi connectivity index (χ2n) is 15.2. The highest BCUT2D eigenvalue weighted by atomic mass is 16.2. The van der Waals surface area contributed by atoms with Crippen molar-refractivity contribution in [3.8, 4) is 0 Å². The van der Waals surface area contributed by atoms with E-state index in [-0.39, 0.29) is 11.8 Å². The minimum Gasteiger partial charge on any atom is -0.270 e. The van der Waals surface area contributed by atoms with Gasteiger partial charge in [-0.15, -0.1) is 0 Å². The fraction of sp³-hybridized carbons (Fsp3) is 0.949. The Morgan fingerprint density at radius 1 is 0.356 bits per heavy atom. The summed E-state index contributed by atoms with van der Waals surface area (Å²) in [7, 11) is 8.26. The molecule has 0 heterocycles. The van der Waals surface area contributed by atoms with Crippen molar-refractivity contribution in [2.45, 2.75) is 200 Å². The predicted octanol–water partition coefficient (Wildman–Crippen LogP) is 10.6. The third kappa shape index (κ3) is 32.6. The average Bonchev–Trinajstić information content (AvgIpc) is 2.97. The molecule has 0 unspecified atom stereocenters. The maximum atomic E-state index is 12.5. The largest absolute Gasteiger partial charge is 0.270 e. The average molecular weight is 639 g/mol. The molecule has 0 radical (unpaired) electrons. The van der Waals surface area contributed by atoms with E-state index in [1.54, 1.807) is 0 Å². The van der Waals surface area contributed by atoms with Crippen molar-refractivity contribution >= 4 is 11.8 Å². The molecule has 0 bridgehead atoms. The van der Waals surface area contributed by atoms with Crippen LogP contribution >= 0.6 is 0 Å². The van der Waals surface area contributed by atoms with E-state index in [1.165, 1.54) is 141 Å². The molecule has 2 N–H and O–H groups in total. The van der Waals surface area contributed by atoms with Crippen LogP contribution in [0.25, 0.3) is 0 Å². The number of hydrogen-bond donors (Lipinski definition) is 2. The quantitative estimate of drug-likeness (QED) is 0.0418. The zero-order chi connectivity index (χ0) is 33.5. The van der Waals surface area contributed by atoms with Gasteiger partial charge in [0.1, 0.15) is 13.1 Å². The third-order valence-corrected chi connectivity index (χ3v) is 9.30. The first-order valence-corrected chi connectivity index (χ1v) is 19.9. The summed E-state index contributed by atoms with van der Waals surface area (Å²) in [4.78, 5) is 25.1. The lowest BCUT2D eigenvalue weighted by Crippen LogP contribution is -2.58. The number of rotatable bonds is 34. The standard InChI is InChI=1S/C39H80N4O2/c1-7-9-11-13-15-17-19-21-23-25-27-29-31-34-38(44)40-42(3,4)36-33-37-43(5,6)41-39(45)35-32-30-28-26-24-22-20-18-16-14-12-10-8-2/h7-37H2,1-6H3/p+2. The lowest BCUT2D eigenvalue weighted by molar-refractivity contribution is -0.943. The summed E-state index contributed by atoms with van der Waals surface area (Å²) < 4.78 is 0.981. The minimum absolute atomic E-state index is 0.155. The molecule has 0 saturated carbocycles. The van der Waals surface area contributed by atoms with Crippen molar-refractivity contribution < 1.29 is 18.8 Å². The SMILES string of the molecule is CCCCCCCCCCCCCCCC(=O)N[N+](C)(C)CCC[N+](C)(C)NC(=O)CCCCCCCCCCCCCCC. The predicted molar refractivity (Wildman–Crippen MR) is 195 cm³/mol. The third-order valence-electron chi connectivity index (χ3n) is 9.30. The normalized spacial score (nSPS) is 12.0. The molecular weight excluding hydrogens is 556 g/mol. The number of carbonyl (C=O) groups is 2. The van der Waals surface area contributed by atoms with Gasteiger partial charge in [0.25, 0.3) is 11.8 Å². The van der Waals surface area contributed by atoms with Crippen LogP contribution in [0.4, 0.5) is 0 Å². The molecule has 268 valence electrons. The van der Waals surface area contributed by atoms with Crippen molar-refractivity contribution in [2.75, 3.05) is 41.3 Å². The van der Waals surface area contributed by atoms with E-state index in [4.69, 9.17) is 0 Å². The summed E-state index contributed by atoms with van der Waals surface area (Å²) in [6.07, 6.45) is 36.5. The van der Waals surface area contributed by atoms with E-state index in [0.717, 1.165) is 45.2 Å². The van der Waals surface area contributed by atoms with Crippen molar-refractivity contribution in [3.63, 3.8) is 0 Å². The fourth-order valence-electron chi connectivity index (χ4n) is 6.37. The molecule has 0 fully saturated rings. The van der Waals surface area contributed by atoms with Gasteiger partial charge in [0, 0.05) is 12.8 Å². The second kappa shape index (κ2) is 30.2. The van der Waals surface area contributed by atoms with Gasteiger partial charge >= 0.3 is 0 Å². The highest BCUT2D eigenvalue weighted by Crippen LogP contribution is 2.14. The first-order chi connectivity index (χ1) is 21.6. The monoisotopic (exact) mass is 639 g/mol. The molecule has 0 aliphatic rings. The summed E-state index contributed by atoms with van der Waals surface area (Å²) in [6.45, 7) is 6.25. The van der Waals surface area contributed by atoms with E-state index in [2.05, 4.69) is 52.9 Å². The number of amides is 2. The Kier molecular flexibility index (Phi) is 29.4. The van der Waals surface area contributed by atoms with Gasteiger partial charge in [-0.2, -0.15) is 0 Å². The first kappa shape index (κ1) is 43.9. The number of quaternary nitrogens is 2. The zero-order valence-electron chi connectivity index (χ0n) is 31.6. The van der Waals surface area contributed by atoms with Gasteiger partial charge in [-0.3, -0.25) is 9.59 Å². The fourth-order valence-corrected chi connectivity index (χ4v) is 6.37. The molecule has 45 heavy (non-hydrogen) atoms. The maximum absolute atomic E-state index is 12.5. The van der Waals surface area contributed by atoms with Crippen molar-refractivity contribution in [3.05, 3.63) is 0 Å². The second-order valence-corrected chi connectivity index (χ2v) is 15.2. The summed E-state index contributed by atoms with van der Waals surface area (Å²) in [5.41, 5.74) is 6.40. The van der Waals surface area contributed by atoms with Gasteiger partial charge < -0.3 is 0 Å². The maximum Gasteiger partial charge on any atom is 0.264 e. The van der Waals surface area contributed by atoms with Crippen LogP contribution in [0.5, 0.6) is 0 Å². The topological polar surface area (TPSA) is 58.2 Å². The summed E-state index contributed by atoms with van der Waals surface area (Å²) in [5, 5.41) is 0. The van der Waals surface area contributed by atoms with Gasteiger partial charge in [-0.05, 0) is 12.8 Å². The Bertz CT molecular complexity index is 624. The van der Waals surface area contributed by atoms with Gasteiger partial charge in [-0.1, -0.05) is 168 Å². The van der Waals surface area contributed by atoms with E-state index in [9.17, 15) is 9.59 Å². The van der Waals surface area contributed by atoms with Crippen LogP contribution in [0.2, 0.25) is 0 Å². The summed E-state index contributed by atoms with van der Waals surface area (Å²) >= 11 is 0. The van der Waals surface area contributed by atoms with Gasteiger partial charge in [0.05, 0.1) is 34.6 Å².